The van der Waals surface area contributed by atoms with Crippen LogP contribution in [0.4, 0.5) is 17.1 Å². The molecular formula is C15H15N3O. The molecule has 1 aliphatic heterocycles. The minimum atomic E-state index is -0.0309. The molecule has 2 aromatic rings. The second-order valence-electron chi connectivity index (χ2n) is 4.68. The predicted molar refractivity (Wildman–Crippen MR) is 77.1 cm³/mol. The van der Waals surface area contributed by atoms with Crippen LogP contribution >= 0.6 is 0 Å². The van der Waals surface area contributed by atoms with Crippen molar-refractivity contribution >= 4 is 23.0 Å². The number of hydrogen-bond acceptors (Lipinski definition) is 3. The smallest absolute Gasteiger partial charge is 0.258 e. The third-order valence-electron chi connectivity index (χ3n) is 3.47. The van der Waals surface area contributed by atoms with E-state index in [4.69, 9.17) is 11.5 Å². The van der Waals surface area contributed by atoms with Crippen LogP contribution in [0.15, 0.2) is 42.5 Å². The molecule has 0 radical (unpaired) electrons. The molecule has 4 nitrogen and oxygen atoms in total. The Morgan fingerprint density at radius 3 is 2.63 bits per heavy atom. The Balaban J connectivity index is 1.95. The summed E-state index contributed by atoms with van der Waals surface area (Å²) in [7, 11) is 0. The molecule has 4 heteroatoms. The van der Waals surface area contributed by atoms with E-state index >= 15 is 0 Å². The number of para-hydroxylation sites is 1. The van der Waals surface area contributed by atoms with Crippen molar-refractivity contribution in [3.05, 3.63) is 53.6 Å². The minimum absolute atomic E-state index is 0.0309. The Bertz CT molecular complexity index is 652. The van der Waals surface area contributed by atoms with Crippen LogP contribution in [0.5, 0.6) is 0 Å². The number of benzene rings is 2. The third kappa shape index (κ3) is 1.91. The van der Waals surface area contributed by atoms with Gasteiger partial charge in [0.2, 0.25) is 0 Å². The average Bonchev–Trinajstić information content (AvgIpc) is 2.85. The maximum absolute atomic E-state index is 12.5. The molecule has 19 heavy (non-hydrogen) atoms. The summed E-state index contributed by atoms with van der Waals surface area (Å²) < 4.78 is 0. The SMILES string of the molecule is Nc1ccc(C(=O)N2CCc3ccccc32)cc1N. The van der Waals surface area contributed by atoms with E-state index in [9.17, 15) is 4.79 Å². The third-order valence-corrected chi connectivity index (χ3v) is 3.47. The van der Waals surface area contributed by atoms with Gasteiger partial charge in [0.1, 0.15) is 0 Å². The topological polar surface area (TPSA) is 72.4 Å². The van der Waals surface area contributed by atoms with Gasteiger partial charge in [0.15, 0.2) is 0 Å². The highest BCUT2D eigenvalue weighted by Crippen LogP contribution is 2.29. The van der Waals surface area contributed by atoms with E-state index < -0.39 is 0 Å². The molecule has 0 saturated carbocycles. The Morgan fingerprint density at radius 1 is 1.05 bits per heavy atom. The summed E-state index contributed by atoms with van der Waals surface area (Å²) in [5, 5.41) is 0. The van der Waals surface area contributed by atoms with E-state index in [0.717, 1.165) is 12.1 Å². The maximum atomic E-state index is 12.5. The van der Waals surface area contributed by atoms with Gasteiger partial charge in [0, 0.05) is 17.8 Å². The first-order valence-electron chi connectivity index (χ1n) is 6.21. The zero-order valence-corrected chi connectivity index (χ0v) is 10.5. The zero-order valence-electron chi connectivity index (χ0n) is 10.5. The lowest BCUT2D eigenvalue weighted by Gasteiger charge is -2.17. The quantitative estimate of drug-likeness (QED) is 0.764. The Morgan fingerprint density at radius 2 is 1.84 bits per heavy atom. The molecule has 96 valence electrons. The van der Waals surface area contributed by atoms with Crippen molar-refractivity contribution in [1.82, 2.24) is 0 Å². The van der Waals surface area contributed by atoms with Crippen LogP contribution in [0.3, 0.4) is 0 Å². The fourth-order valence-corrected chi connectivity index (χ4v) is 2.41. The molecular weight excluding hydrogens is 238 g/mol. The number of fused-ring (bicyclic) bond motifs is 1. The first kappa shape index (κ1) is 11.6. The molecule has 0 aliphatic carbocycles. The number of hydrogen-bond donors (Lipinski definition) is 2. The van der Waals surface area contributed by atoms with Crippen LogP contribution in [0.1, 0.15) is 15.9 Å². The highest BCUT2D eigenvalue weighted by molar-refractivity contribution is 6.08. The van der Waals surface area contributed by atoms with Crippen molar-refractivity contribution in [2.45, 2.75) is 6.42 Å². The Labute approximate surface area is 111 Å². The van der Waals surface area contributed by atoms with Crippen LogP contribution in [-0.2, 0) is 6.42 Å². The first-order valence-corrected chi connectivity index (χ1v) is 6.21. The lowest BCUT2D eigenvalue weighted by atomic mass is 10.1. The number of anilines is 3. The monoisotopic (exact) mass is 253 g/mol. The van der Waals surface area contributed by atoms with Crippen LogP contribution in [0, 0.1) is 0 Å². The normalized spacial score (nSPS) is 13.4. The first-order chi connectivity index (χ1) is 9.16. The van der Waals surface area contributed by atoms with Crippen LogP contribution in [-0.4, -0.2) is 12.5 Å². The maximum Gasteiger partial charge on any atom is 0.258 e. The number of nitrogen functional groups attached to an aromatic ring is 2. The van der Waals surface area contributed by atoms with Crippen LogP contribution < -0.4 is 16.4 Å². The Kier molecular flexibility index (Phi) is 2.63. The van der Waals surface area contributed by atoms with E-state index in [1.54, 1.807) is 23.1 Å². The fourth-order valence-electron chi connectivity index (χ4n) is 2.41. The molecule has 1 aliphatic rings. The molecule has 0 fully saturated rings. The lowest BCUT2D eigenvalue weighted by molar-refractivity contribution is 0.0989. The number of carbonyl (C=O) groups excluding carboxylic acids is 1. The van der Waals surface area contributed by atoms with Gasteiger partial charge in [0.05, 0.1) is 11.4 Å². The summed E-state index contributed by atoms with van der Waals surface area (Å²) in [6.45, 7) is 0.711. The number of nitrogens with zero attached hydrogens (tertiary/aromatic N) is 1. The minimum Gasteiger partial charge on any atom is -0.397 e. The average molecular weight is 253 g/mol. The summed E-state index contributed by atoms with van der Waals surface area (Å²) in [5.41, 5.74) is 15.1. The molecule has 0 unspecified atom stereocenters. The van der Waals surface area contributed by atoms with Crippen molar-refractivity contribution in [3.63, 3.8) is 0 Å². The van der Waals surface area contributed by atoms with Gasteiger partial charge < -0.3 is 16.4 Å². The van der Waals surface area contributed by atoms with E-state index in [1.807, 2.05) is 18.2 Å². The van der Waals surface area contributed by atoms with E-state index in [1.165, 1.54) is 5.56 Å². The molecule has 0 aromatic heterocycles. The van der Waals surface area contributed by atoms with Gasteiger partial charge >= 0.3 is 0 Å². The zero-order chi connectivity index (χ0) is 13.4. The molecule has 4 N–H and O–H groups in total. The molecule has 0 spiro atoms. The highest BCUT2D eigenvalue weighted by atomic mass is 16.2. The number of carbonyl (C=O) groups is 1. The van der Waals surface area contributed by atoms with E-state index in [2.05, 4.69) is 6.07 Å². The molecule has 0 bridgehead atoms. The fraction of sp³-hybridized carbons (Fsp3) is 0.133. The van der Waals surface area contributed by atoms with Crippen LogP contribution in [0.2, 0.25) is 0 Å². The number of amides is 1. The van der Waals surface area contributed by atoms with E-state index in [-0.39, 0.29) is 5.91 Å². The van der Waals surface area contributed by atoms with Gasteiger partial charge in [-0.15, -0.1) is 0 Å². The summed E-state index contributed by atoms with van der Waals surface area (Å²) in [6, 6.07) is 13.0. The van der Waals surface area contributed by atoms with E-state index in [0.29, 0.717) is 23.5 Å². The standard InChI is InChI=1S/C15H15N3O/c16-12-6-5-11(9-13(12)17)15(19)18-8-7-10-3-1-2-4-14(10)18/h1-6,9H,7-8,16-17H2. The lowest BCUT2D eigenvalue weighted by Crippen LogP contribution is -2.28. The molecule has 1 amide bonds. The van der Waals surface area contributed by atoms with Crippen molar-refractivity contribution in [3.8, 4) is 0 Å². The molecule has 1 heterocycles. The molecule has 0 atom stereocenters. The second-order valence-corrected chi connectivity index (χ2v) is 4.68. The van der Waals surface area contributed by atoms with Crippen molar-refractivity contribution in [2.24, 2.45) is 0 Å². The van der Waals surface area contributed by atoms with Gasteiger partial charge in [-0.25, -0.2) is 0 Å². The van der Waals surface area contributed by atoms with Gasteiger partial charge in [-0.2, -0.15) is 0 Å². The van der Waals surface area contributed by atoms with Gasteiger partial charge in [-0.05, 0) is 36.2 Å². The summed E-state index contributed by atoms with van der Waals surface area (Å²) in [4.78, 5) is 14.3. The van der Waals surface area contributed by atoms with Crippen molar-refractivity contribution in [1.29, 1.82) is 0 Å². The summed E-state index contributed by atoms with van der Waals surface area (Å²) in [5.74, 6) is -0.0309. The largest absolute Gasteiger partial charge is 0.397 e. The van der Waals surface area contributed by atoms with Gasteiger partial charge in [0.25, 0.3) is 5.91 Å². The van der Waals surface area contributed by atoms with Gasteiger partial charge in [-0.1, -0.05) is 18.2 Å². The highest BCUT2D eigenvalue weighted by Gasteiger charge is 2.25. The van der Waals surface area contributed by atoms with Crippen LogP contribution in [0.25, 0.3) is 0 Å². The number of nitrogens with two attached hydrogens (primary N) is 2. The second kappa shape index (κ2) is 4.31. The predicted octanol–water partition coefficient (Wildman–Crippen LogP) is 2.05. The molecule has 3 rings (SSSR count). The summed E-state index contributed by atoms with van der Waals surface area (Å²) in [6.07, 6.45) is 0.895. The Hall–Kier alpha value is -2.49. The van der Waals surface area contributed by atoms with Crippen molar-refractivity contribution in [2.75, 3.05) is 22.9 Å². The molecule has 0 saturated heterocycles. The van der Waals surface area contributed by atoms with Gasteiger partial charge in [-0.3, -0.25) is 4.79 Å². The number of rotatable bonds is 1. The summed E-state index contributed by atoms with van der Waals surface area (Å²) >= 11 is 0. The molecule has 2 aromatic carbocycles. The van der Waals surface area contributed by atoms with Crippen molar-refractivity contribution < 1.29 is 4.79 Å².